The van der Waals surface area contributed by atoms with Crippen LogP contribution in [0.25, 0.3) is 0 Å². The number of para-hydroxylation sites is 1. The molecule has 2 heterocycles. The average Bonchev–Trinajstić information content (AvgIpc) is 3.16. The molecule has 0 amide bonds. The maximum atomic E-state index is 13.7. The summed E-state index contributed by atoms with van der Waals surface area (Å²) in [4.78, 5) is 16.0. The number of rotatable bonds is 4. The number of sulfonamides is 1. The Bertz CT molecular complexity index is 1370. The van der Waals surface area contributed by atoms with Crippen LogP contribution < -0.4 is 4.90 Å². The smallest absolute Gasteiger partial charge is 0.243 e. The summed E-state index contributed by atoms with van der Waals surface area (Å²) in [5, 5.41) is 0. The number of benzene rings is 3. The Hall–Kier alpha value is -3.03. The van der Waals surface area contributed by atoms with E-state index < -0.39 is 15.6 Å². The van der Waals surface area contributed by atoms with Gasteiger partial charge in [-0.15, -0.1) is 0 Å². The van der Waals surface area contributed by atoms with Gasteiger partial charge in [-0.2, -0.15) is 4.31 Å². The molecule has 0 aromatic heterocycles. The van der Waals surface area contributed by atoms with Gasteiger partial charge in [0.25, 0.3) is 0 Å². The van der Waals surface area contributed by atoms with E-state index in [2.05, 4.69) is 0 Å². The van der Waals surface area contributed by atoms with Gasteiger partial charge in [-0.25, -0.2) is 12.8 Å². The van der Waals surface area contributed by atoms with Crippen molar-refractivity contribution in [3.8, 4) is 0 Å². The second-order valence-corrected chi connectivity index (χ2v) is 12.1. The Morgan fingerprint density at radius 1 is 0.914 bits per heavy atom. The van der Waals surface area contributed by atoms with Crippen molar-refractivity contribution in [2.75, 3.05) is 18.0 Å². The van der Waals surface area contributed by atoms with Crippen LogP contribution in [0.3, 0.4) is 0 Å². The van der Waals surface area contributed by atoms with Gasteiger partial charge in [0.15, 0.2) is 5.78 Å². The number of carbonyl (C=O) groups excluding carboxylic acids is 1. The topological polar surface area (TPSA) is 57.7 Å². The minimum Gasteiger partial charge on any atom is -0.340 e. The van der Waals surface area contributed by atoms with Gasteiger partial charge >= 0.3 is 0 Å². The van der Waals surface area contributed by atoms with Crippen molar-refractivity contribution in [3.05, 3.63) is 89.7 Å². The zero-order valence-corrected chi connectivity index (χ0v) is 20.9. The van der Waals surface area contributed by atoms with Crippen LogP contribution >= 0.6 is 0 Å². The summed E-state index contributed by atoms with van der Waals surface area (Å²) in [7, 11) is -3.72. The molecule has 1 fully saturated rings. The number of hydrogen-bond donors (Lipinski definition) is 0. The van der Waals surface area contributed by atoms with Gasteiger partial charge in [-0.1, -0.05) is 29.8 Å². The molecular formula is C28H29FN2O3S. The molecule has 182 valence electrons. The quantitative estimate of drug-likeness (QED) is 0.478. The number of hydrogen-bond acceptors (Lipinski definition) is 4. The van der Waals surface area contributed by atoms with Crippen molar-refractivity contribution in [1.29, 1.82) is 0 Å². The van der Waals surface area contributed by atoms with Gasteiger partial charge in [0.2, 0.25) is 10.0 Å². The Morgan fingerprint density at radius 3 is 2.26 bits per heavy atom. The molecule has 2 aliphatic heterocycles. The van der Waals surface area contributed by atoms with Crippen LogP contribution in [0.1, 0.15) is 36.2 Å². The molecule has 0 saturated carbocycles. The van der Waals surface area contributed by atoms with Crippen molar-refractivity contribution in [2.24, 2.45) is 11.8 Å². The van der Waals surface area contributed by atoms with Gasteiger partial charge in [-0.05, 0) is 81.6 Å². The average molecular weight is 493 g/mol. The van der Waals surface area contributed by atoms with E-state index in [0.29, 0.717) is 18.5 Å². The lowest BCUT2D eigenvalue weighted by atomic mass is 9.79. The van der Waals surface area contributed by atoms with E-state index in [0.717, 1.165) is 16.9 Å². The minimum atomic E-state index is -3.72. The Labute approximate surface area is 206 Å². The van der Waals surface area contributed by atoms with E-state index in [1.807, 2.05) is 49.9 Å². The van der Waals surface area contributed by atoms with Gasteiger partial charge in [-0.3, -0.25) is 4.79 Å². The molecule has 0 radical (unpaired) electrons. The molecule has 7 heteroatoms. The molecular weight excluding hydrogens is 463 g/mol. The first-order chi connectivity index (χ1) is 16.6. The first kappa shape index (κ1) is 23.7. The van der Waals surface area contributed by atoms with Crippen LogP contribution in [-0.2, 0) is 10.0 Å². The number of Topliss-reactive ketones (excluding diaryl/α,β-unsaturated/α-hetero) is 1. The monoisotopic (exact) mass is 492 g/mol. The highest BCUT2D eigenvalue weighted by atomic mass is 32.2. The molecule has 2 aliphatic rings. The van der Waals surface area contributed by atoms with Crippen molar-refractivity contribution < 1.29 is 17.6 Å². The summed E-state index contributed by atoms with van der Waals surface area (Å²) in [5.74, 6) is -0.808. The summed E-state index contributed by atoms with van der Waals surface area (Å²) < 4.78 is 42.3. The van der Waals surface area contributed by atoms with E-state index in [1.165, 1.54) is 12.1 Å². The predicted octanol–water partition coefficient (Wildman–Crippen LogP) is 5.57. The van der Waals surface area contributed by atoms with Crippen LogP contribution in [0.15, 0.2) is 77.7 Å². The van der Waals surface area contributed by atoms with Crippen LogP contribution in [0.5, 0.6) is 0 Å². The van der Waals surface area contributed by atoms with Crippen LogP contribution in [0.2, 0.25) is 0 Å². The third kappa shape index (κ3) is 4.17. The van der Waals surface area contributed by atoms with Crippen molar-refractivity contribution in [2.45, 2.75) is 37.6 Å². The van der Waals surface area contributed by atoms with E-state index in [1.54, 1.807) is 40.7 Å². The van der Waals surface area contributed by atoms with Crippen LogP contribution in [0.4, 0.5) is 15.8 Å². The van der Waals surface area contributed by atoms with Crippen molar-refractivity contribution in [1.82, 2.24) is 4.31 Å². The first-order valence-electron chi connectivity index (χ1n) is 11.8. The second-order valence-electron chi connectivity index (χ2n) is 10.2. The second kappa shape index (κ2) is 8.57. The summed E-state index contributed by atoms with van der Waals surface area (Å²) in [6, 6.07) is 20.6. The number of fused-ring (bicyclic) bond motifs is 1. The molecule has 5 rings (SSSR count). The maximum absolute atomic E-state index is 13.7. The SMILES string of the molecule is Cc1ccc(S(=O)(=O)N2CC(C3CN(c4ccc(F)cc4)c4ccccc4C3=O)CC2(C)C)cc1. The summed E-state index contributed by atoms with van der Waals surface area (Å²) in [6.07, 6.45) is 0.577. The molecule has 3 aromatic rings. The molecule has 0 spiro atoms. The third-order valence-electron chi connectivity index (χ3n) is 7.33. The third-order valence-corrected chi connectivity index (χ3v) is 9.42. The summed E-state index contributed by atoms with van der Waals surface area (Å²) in [6.45, 7) is 6.47. The lowest BCUT2D eigenvalue weighted by molar-refractivity contribution is 0.0874. The summed E-state index contributed by atoms with van der Waals surface area (Å²) in [5.41, 5.74) is 2.58. The van der Waals surface area contributed by atoms with Crippen LogP contribution in [-0.4, -0.2) is 37.1 Å². The zero-order chi connectivity index (χ0) is 25.0. The lowest BCUT2D eigenvalue weighted by Gasteiger charge is -2.37. The Balaban J connectivity index is 1.49. The highest BCUT2D eigenvalue weighted by Crippen LogP contribution is 2.45. The largest absolute Gasteiger partial charge is 0.340 e. The highest BCUT2D eigenvalue weighted by molar-refractivity contribution is 7.89. The lowest BCUT2D eigenvalue weighted by Crippen LogP contribution is -2.43. The standard InChI is InChI=1S/C28H29FN2O3S/c1-19-8-14-23(15-9-19)35(33,34)31-17-20(16-28(31,2)3)25-18-30(22-12-10-21(29)11-13-22)26-7-5-4-6-24(26)27(25)32/h4-15,20,25H,16-18H2,1-3H3. The molecule has 0 bridgehead atoms. The van der Waals surface area contributed by atoms with Gasteiger partial charge in [0.1, 0.15) is 5.82 Å². The zero-order valence-electron chi connectivity index (χ0n) is 20.1. The van der Waals surface area contributed by atoms with E-state index in [9.17, 15) is 17.6 Å². The van der Waals surface area contributed by atoms with Crippen molar-refractivity contribution >= 4 is 27.2 Å². The fourth-order valence-corrected chi connectivity index (χ4v) is 7.37. The first-order valence-corrected chi connectivity index (χ1v) is 13.3. The van der Waals surface area contributed by atoms with Gasteiger partial charge in [0, 0.05) is 35.8 Å². The number of nitrogens with zero attached hydrogens (tertiary/aromatic N) is 2. The Morgan fingerprint density at radius 2 is 1.57 bits per heavy atom. The predicted molar refractivity (Wildman–Crippen MR) is 135 cm³/mol. The van der Waals surface area contributed by atoms with E-state index in [4.69, 9.17) is 0 Å². The fraction of sp³-hybridized carbons (Fsp3) is 0.321. The molecule has 0 N–H and O–H groups in total. The fourth-order valence-electron chi connectivity index (χ4n) is 5.52. The number of carbonyl (C=O) groups is 1. The van der Waals surface area contributed by atoms with Gasteiger partial charge in [0.05, 0.1) is 10.6 Å². The van der Waals surface area contributed by atoms with Crippen LogP contribution in [0, 0.1) is 24.6 Å². The number of anilines is 2. The number of aryl methyl sites for hydroxylation is 1. The van der Waals surface area contributed by atoms with Crippen molar-refractivity contribution in [3.63, 3.8) is 0 Å². The molecule has 5 nitrogen and oxygen atoms in total. The molecule has 2 unspecified atom stereocenters. The minimum absolute atomic E-state index is 0.0364. The maximum Gasteiger partial charge on any atom is 0.243 e. The number of ketones is 1. The molecule has 0 aliphatic carbocycles. The summed E-state index contributed by atoms with van der Waals surface area (Å²) >= 11 is 0. The van der Waals surface area contributed by atoms with Gasteiger partial charge < -0.3 is 4.90 Å². The van der Waals surface area contributed by atoms with E-state index >= 15 is 0 Å². The molecule has 1 saturated heterocycles. The normalized spacial score (nSPS) is 22.3. The number of halogens is 1. The highest BCUT2D eigenvalue weighted by Gasteiger charge is 2.50. The molecule has 35 heavy (non-hydrogen) atoms. The molecule has 2 atom stereocenters. The molecule has 3 aromatic carbocycles. The Kier molecular flexibility index (Phi) is 5.80. The van der Waals surface area contributed by atoms with E-state index in [-0.39, 0.29) is 34.9 Å².